The molecule has 28 heavy (non-hydrogen) atoms. The van der Waals surface area contributed by atoms with Gasteiger partial charge in [-0.1, -0.05) is 55.2 Å². The van der Waals surface area contributed by atoms with Crippen molar-refractivity contribution in [2.45, 2.75) is 32.7 Å². The number of rotatable bonds is 3. The van der Waals surface area contributed by atoms with Crippen LogP contribution in [0.25, 0.3) is 11.3 Å². The third kappa shape index (κ3) is 3.50. The smallest absolute Gasteiger partial charge is 0.131 e. The molecule has 1 aromatic heterocycles. The van der Waals surface area contributed by atoms with E-state index in [2.05, 4.69) is 43.5 Å². The zero-order valence-electron chi connectivity index (χ0n) is 16.2. The Hall–Kier alpha value is -2.07. The Morgan fingerprint density at radius 1 is 1.00 bits per heavy atom. The molecule has 0 unspecified atom stereocenters. The molecule has 2 aromatic carbocycles. The Balaban J connectivity index is 1.70. The number of aromatic nitrogens is 1. The van der Waals surface area contributed by atoms with E-state index >= 15 is 0 Å². The van der Waals surface area contributed by atoms with Gasteiger partial charge in [-0.15, -0.1) is 0 Å². The van der Waals surface area contributed by atoms with E-state index in [4.69, 9.17) is 28.2 Å². The number of halogens is 2. The van der Waals surface area contributed by atoms with Crippen LogP contribution < -0.4 is 10.6 Å². The summed E-state index contributed by atoms with van der Waals surface area (Å²) in [6.45, 7) is 8.61. The minimum absolute atomic E-state index is 0.135. The standard InChI is InChI=1S/C23H23Cl2N3/c1-14-15-12-26-13-23(2,3)16(15)10-11-19(14)27-21-9-5-8-20(28-21)22-17(24)6-4-7-18(22)25/h4-11,26H,12-13H2,1-3H3,(H,27,28). The van der Waals surface area contributed by atoms with Crippen LogP contribution in [0, 0.1) is 6.92 Å². The summed E-state index contributed by atoms with van der Waals surface area (Å²) in [5.41, 5.74) is 6.73. The van der Waals surface area contributed by atoms with Crippen LogP contribution in [-0.2, 0) is 12.0 Å². The van der Waals surface area contributed by atoms with Crippen molar-refractivity contribution in [1.29, 1.82) is 0 Å². The Morgan fingerprint density at radius 2 is 1.71 bits per heavy atom. The van der Waals surface area contributed by atoms with Gasteiger partial charge < -0.3 is 10.6 Å². The van der Waals surface area contributed by atoms with E-state index in [0.717, 1.165) is 35.9 Å². The largest absolute Gasteiger partial charge is 0.340 e. The summed E-state index contributed by atoms with van der Waals surface area (Å²) in [7, 11) is 0. The van der Waals surface area contributed by atoms with Crippen LogP contribution in [0.3, 0.4) is 0 Å². The highest BCUT2D eigenvalue weighted by molar-refractivity contribution is 6.39. The maximum absolute atomic E-state index is 6.36. The lowest BCUT2D eigenvalue weighted by Gasteiger charge is -2.34. The van der Waals surface area contributed by atoms with Crippen LogP contribution >= 0.6 is 23.2 Å². The SMILES string of the molecule is Cc1c(Nc2cccc(-c3c(Cl)cccc3Cl)n2)ccc2c1CNCC2(C)C. The van der Waals surface area contributed by atoms with Gasteiger partial charge in [-0.3, -0.25) is 0 Å². The number of pyridine rings is 1. The van der Waals surface area contributed by atoms with Crippen molar-refractivity contribution < 1.29 is 0 Å². The quantitative estimate of drug-likeness (QED) is 0.516. The zero-order valence-corrected chi connectivity index (χ0v) is 17.7. The Morgan fingerprint density at radius 3 is 2.46 bits per heavy atom. The van der Waals surface area contributed by atoms with Gasteiger partial charge in [0.05, 0.1) is 15.7 Å². The first-order valence-corrected chi connectivity index (χ1v) is 10.1. The molecule has 5 heteroatoms. The molecule has 0 saturated carbocycles. The van der Waals surface area contributed by atoms with E-state index in [1.54, 1.807) is 0 Å². The van der Waals surface area contributed by atoms with Crippen LogP contribution in [-0.4, -0.2) is 11.5 Å². The van der Waals surface area contributed by atoms with Crippen molar-refractivity contribution in [3.05, 3.63) is 75.3 Å². The molecule has 0 radical (unpaired) electrons. The number of hydrogen-bond donors (Lipinski definition) is 2. The Kier molecular flexibility index (Phi) is 5.09. The molecule has 1 aliphatic heterocycles. The van der Waals surface area contributed by atoms with Crippen molar-refractivity contribution in [2.75, 3.05) is 11.9 Å². The van der Waals surface area contributed by atoms with E-state index in [0.29, 0.717) is 10.0 Å². The maximum atomic E-state index is 6.36. The molecule has 0 fully saturated rings. The van der Waals surface area contributed by atoms with Gasteiger partial charge in [0.1, 0.15) is 5.82 Å². The predicted octanol–water partition coefficient (Wildman–Crippen LogP) is 6.49. The molecule has 1 aliphatic rings. The molecule has 3 aromatic rings. The first kappa shape index (κ1) is 19.3. The highest BCUT2D eigenvalue weighted by Crippen LogP contribution is 2.36. The van der Waals surface area contributed by atoms with E-state index < -0.39 is 0 Å². The molecule has 4 rings (SSSR count). The third-order valence-electron chi connectivity index (χ3n) is 5.43. The van der Waals surface area contributed by atoms with Crippen molar-refractivity contribution in [3.63, 3.8) is 0 Å². The number of benzene rings is 2. The summed E-state index contributed by atoms with van der Waals surface area (Å²) in [6.07, 6.45) is 0. The van der Waals surface area contributed by atoms with Gasteiger partial charge in [0.25, 0.3) is 0 Å². The van der Waals surface area contributed by atoms with Crippen LogP contribution in [0.2, 0.25) is 10.0 Å². The van der Waals surface area contributed by atoms with Crippen molar-refractivity contribution in [1.82, 2.24) is 10.3 Å². The average Bonchev–Trinajstić information content (AvgIpc) is 2.64. The first-order chi connectivity index (χ1) is 13.4. The molecule has 3 nitrogen and oxygen atoms in total. The second-order valence-electron chi connectivity index (χ2n) is 7.88. The lowest BCUT2D eigenvalue weighted by atomic mass is 9.77. The highest BCUT2D eigenvalue weighted by atomic mass is 35.5. The van der Waals surface area contributed by atoms with Crippen LogP contribution in [0.5, 0.6) is 0 Å². The summed E-state index contributed by atoms with van der Waals surface area (Å²) in [4.78, 5) is 4.75. The molecule has 144 valence electrons. The van der Waals surface area contributed by atoms with Crippen molar-refractivity contribution in [3.8, 4) is 11.3 Å². The number of anilines is 2. The molecular formula is C23H23Cl2N3. The third-order valence-corrected chi connectivity index (χ3v) is 6.06. The van der Waals surface area contributed by atoms with Crippen molar-refractivity contribution in [2.24, 2.45) is 0 Å². The van der Waals surface area contributed by atoms with Gasteiger partial charge >= 0.3 is 0 Å². The average molecular weight is 412 g/mol. The van der Waals surface area contributed by atoms with Crippen LogP contribution in [0.4, 0.5) is 11.5 Å². The Labute approximate surface area is 176 Å². The normalized spacial score (nSPS) is 15.2. The minimum atomic E-state index is 0.135. The summed E-state index contributed by atoms with van der Waals surface area (Å²) in [5, 5.41) is 8.19. The van der Waals surface area contributed by atoms with Gasteiger partial charge in [0.15, 0.2) is 0 Å². The van der Waals surface area contributed by atoms with Crippen LogP contribution in [0.1, 0.15) is 30.5 Å². The fraction of sp³-hybridized carbons (Fsp3) is 0.261. The van der Waals surface area contributed by atoms with Gasteiger partial charge in [-0.2, -0.15) is 0 Å². The van der Waals surface area contributed by atoms with Crippen molar-refractivity contribution >= 4 is 34.7 Å². The Bertz CT molecular complexity index is 1020. The molecular weight excluding hydrogens is 389 g/mol. The van der Waals surface area contributed by atoms with E-state index in [1.807, 2.05) is 36.4 Å². The molecule has 0 spiro atoms. The topological polar surface area (TPSA) is 37.0 Å². The van der Waals surface area contributed by atoms with Gasteiger partial charge in [-0.25, -0.2) is 4.98 Å². The first-order valence-electron chi connectivity index (χ1n) is 9.39. The van der Waals surface area contributed by atoms with Gasteiger partial charge in [-0.05, 0) is 53.9 Å². The predicted molar refractivity (Wildman–Crippen MR) is 119 cm³/mol. The number of nitrogens with one attached hydrogen (secondary N) is 2. The molecule has 0 amide bonds. The lowest BCUT2D eigenvalue weighted by Crippen LogP contribution is -2.39. The molecule has 0 aliphatic carbocycles. The highest BCUT2D eigenvalue weighted by Gasteiger charge is 2.28. The lowest BCUT2D eigenvalue weighted by molar-refractivity contribution is 0.434. The number of hydrogen-bond acceptors (Lipinski definition) is 3. The number of fused-ring (bicyclic) bond motifs is 1. The monoisotopic (exact) mass is 411 g/mol. The fourth-order valence-corrected chi connectivity index (χ4v) is 4.46. The molecule has 0 bridgehead atoms. The summed E-state index contributed by atoms with van der Waals surface area (Å²) in [5.74, 6) is 0.763. The van der Waals surface area contributed by atoms with E-state index in [-0.39, 0.29) is 5.41 Å². The summed E-state index contributed by atoms with van der Waals surface area (Å²) >= 11 is 12.7. The van der Waals surface area contributed by atoms with E-state index in [1.165, 1.54) is 16.7 Å². The summed E-state index contributed by atoms with van der Waals surface area (Å²) in [6, 6.07) is 15.7. The molecule has 2 heterocycles. The molecule has 0 atom stereocenters. The summed E-state index contributed by atoms with van der Waals surface area (Å²) < 4.78 is 0. The maximum Gasteiger partial charge on any atom is 0.131 e. The zero-order chi connectivity index (χ0) is 19.9. The minimum Gasteiger partial charge on any atom is -0.340 e. The second-order valence-corrected chi connectivity index (χ2v) is 8.70. The molecule has 2 N–H and O–H groups in total. The van der Waals surface area contributed by atoms with Gasteiger partial charge in [0, 0.05) is 29.8 Å². The van der Waals surface area contributed by atoms with Gasteiger partial charge in [0.2, 0.25) is 0 Å². The van der Waals surface area contributed by atoms with E-state index in [9.17, 15) is 0 Å². The second kappa shape index (κ2) is 7.40. The number of nitrogens with zero attached hydrogens (tertiary/aromatic N) is 1. The van der Waals surface area contributed by atoms with Crippen LogP contribution in [0.15, 0.2) is 48.5 Å². The molecule has 0 saturated heterocycles. The fourth-order valence-electron chi connectivity index (χ4n) is 3.87.